The van der Waals surface area contributed by atoms with E-state index in [9.17, 15) is 0 Å². The molecule has 0 spiro atoms. The van der Waals surface area contributed by atoms with Gasteiger partial charge in [-0.05, 0) is 139 Å². The fourth-order valence-electron chi connectivity index (χ4n) is 11.3. The Morgan fingerprint density at radius 3 is 1.62 bits per heavy atom. The lowest BCUT2D eigenvalue weighted by atomic mass is 9.82. The fourth-order valence-corrected chi connectivity index (χ4v) is 11.3. The molecule has 1 aliphatic rings. The lowest BCUT2D eigenvalue weighted by Gasteiger charge is -2.30. The van der Waals surface area contributed by atoms with E-state index in [0.29, 0.717) is 0 Å². The molecular weight excluding hydrogens is 833 g/mol. The summed E-state index contributed by atoms with van der Waals surface area (Å²) in [6.07, 6.45) is 0. The molecule has 0 bridgehead atoms. The number of fused-ring (bicyclic) bond motifs is 7. The maximum atomic E-state index is 2.45. The largest absolute Gasteiger partial charge is 0.310 e. The first-order chi connectivity index (χ1) is 34.0. The van der Waals surface area contributed by atoms with Gasteiger partial charge in [-0.1, -0.05) is 202 Å². The van der Waals surface area contributed by atoms with Crippen molar-refractivity contribution in [3.05, 3.63) is 266 Å². The Morgan fingerprint density at radius 2 is 0.884 bits per heavy atom. The first-order valence-electron chi connectivity index (χ1n) is 24.0. The van der Waals surface area contributed by atoms with Gasteiger partial charge in [0.2, 0.25) is 0 Å². The van der Waals surface area contributed by atoms with Crippen LogP contribution >= 0.6 is 0 Å². The van der Waals surface area contributed by atoms with Crippen LogP contribution in [0.15, 0.2) is 255 Å². The van der Waals surface area contributed by atoms with Gasteiger partial charge in [0.05, 0.1) is 16.7 Å². The fraction of sp³-hybridized carbons (Fsp3) is 0.0448. The van der Waals surface area contributed by atoms with Crippen LogP contribution in [0, 0.1) is 0 Å². The van der Waals surface area contributed by atoms with Crippen molar-refractivity contribution in [1.29, 1.82) is 0 Å². The van der Waals surface area contributed by atoms with Crippen LogP contribution in [0.1, 0.15) is 25.0 Å². The van der Waals surface area contributed by atoms with E-state index in [4.69, 9.17) is 0 Å². The Kier molecular flexibility index (Phi) is 9.55. The van der Waals surface area contributed by atoms with Crippen molar-refractivity contribution in [2.45, 2.75) is 19.3 Å². The predicted molar refractivity (Wildman–Crippen MR) is 292 cm³/mol. The van der Waals surface area contributed by atoms with Crippen molar-refractivity contribution in [2.75, 3.05) is 4.90 Å². The molecule has 12 aromatic rings. The third-order valence-electron chi connectivity index (χ3n) is 14.6. The highest BCUT2D eigenvalue weighted by Gasteiger charge is 2.36. The summed E-state index contributed by atoms with van der Waals surface area (Å²) in [5, 5.41) is 5.02. The van der Waals surface area contributed by atoms with Crippen LogP contribution in [0.25, 0.3) is 93.9 Å². The second-order valence-corrected chi connectivity index (χ2v) is 18.9. The molecular formula is C67H48N2. The summed E-state index contributed by atoms with van der Waals surface area (Å²) in [6.45, 7) is 4.77. The maximum Gasteiger partial charge on any atom is 0.0541 e. The molecule has 0 aliphatic heterocycles. The summed E-state index contributed by atoms with van der Waals surface area (Å²) in [5.74, 6) is 0. The molecule has 13 rings (SSSR count). The SMILES string of the molecule is CC1(C)c2ccc(-c3ccc4c(c3)c3ccccc3n4-c3ccccc3)cc2-c2ccc(N(c3ccc(-c4cccc5cccc(-c6ccccc6)c45)cc3)c3ccccc3-c3ccccc3)cc21. The smallest absolute Gasteiger partial charge is 0.0541 e. The van der Waals surface area contributed by atoms with Crippen LogP contribution in [0.4, 0.5) is 17.1 Å². The summed E-state index contributed by atoms with van der Waals surface area (Å²) in [4.78, 5) is 2.45. The molecule has 0 fully saturated rings. The van der Waals surface area contributed by atoms with Gasteiger partial charge in [0.1, 0.15) is 0 Å². The Morgan fingerprint density at radius 1 is 0.333 bits per heavy atom. The molecule has 0 unspecified atom stereocenters. The summed E-state index contributed by atoms with van der Waals surface area (Å²) >= 11 is 0. The monoisotopic (exact) mass is 880 g/mol. The molecule has 1 heterocycles. The van der Waals surface area contributed by atoms with Crippen LogP contribution < -0.4 is 4.90 Å². The maximum absolute atomic E-state index is 2.45. The molecule has 0 radical (unpaired) electrons. The highest BCUT2D eigenvalue weighted by atomic mass is 15.1. The van der Waals surface area contributed by atoms with E-state index in [-0.39, 0.29) is 5.41 Å². The number of hydrogen-bond donors (Lipinski definition) is 0. The molecule has 2 heteroatoms. The van der Waals surface area contributed by atoms with Crippen LogP contribution in [-0.4, -0.2) is 4.57 Å². The number of nitrogens with zero attached hydrogens (tertiary/aromatic N) is 2. The molecule has 11 aromatic carbocycles. The van der Waals surface area contributed by atoms with Crippen molar-refractivity contribution < 1.29 is 0 Å². The average Bonchev–Trinajstić information content (AvgIpc) is 3.86. The Balaban J connectivity index is 0.925. The van der Waals surface area contributed by atoms with Gasteiger partial charge in [0, 0.05) is 38.8 Å². The van der Waals surface area contributed by atoms with Crippen LogP contribution in [0.2, 0.25) is 0 Å². The molecule has 69 heavy (non-hydrogen) atoms. The Bertz CT molecular complexity index is 3900. The van der Waals surface area contributed by atoms with E-state index >= 15 is 0 Å². The highest BCUT2D eigenvalue weighted by Crippen LogP contribution is 2.52. The molecule has 0 saturated heterocycles. The van der Waals surface area contributed by atoms with Crippen molar-refractivity contribution >= 4 is 49.6 Å². The Hall–Kier alpha value is -8.72. The molecule has 326 valence electrons. The molecule has 2 nitrogen and oxygen atoms in total. The molecule has 0 N–H and O–H groups in total. The minimum Gasteiger partial charge on any atom is -0.310 e. The summed E-state index contributed by atoms with van der Waals surface area (Å²) in [7, 11) is 0. The van der Waals surface area contributed by atoms with Gasteiger partial charge in [-0.15, -0.1) is 0 Å². The van der Waals surface area contributed by atoms with Gasteiger partial charge in [0.15, 0.2) is 0 Å². The number of aromatic nitrogens is 1. The lowest BCUT2D eigenvalue weighted by molar-refractivity contribution is 0.660. The summed E-state index contributed by atoms with van der Waals surface area (Å²) in [6, 6.07) is 93.6. The average molecular weight is 881 g/mol. The molecule has 1 aromatic heterocycles. The Labute approximate surface area is 403 Å². The summed E-state index contributed by atoms with van der Waals surface area (Å²) < 4.78 is 2.38. The lowest BCUT2D eigenvalue weighted by Crippen LogP contribution is -2.17. The van der Waals surface area contributed by atoms with Gasteiger partial charge in [-0.3, -0.25) is 0 Å². The van der Waals surface area contributed by atoms with E-state index < -0.39 is 0 Å². The number of anilines is 3. The molecule has 1 aliphatic carbocycles. The zero-order valence-electron chi connectivity index (χ0n) is 38.6. The van der Waals surface area contributed by atoms with Crippen molar-refractivity contribution in [2.24, 2.45) is 0 Å². The minimum atomic E-state index is -0.217. The zero-order valence-corrected chi connectivity index (χ0v) is 38.6. The molecule has 0 amide bonds. The van der Waals surface area contributed by atoms with Gasteiger partial charge >= 0.3 is 0 Å². The van der Waals surface area contributed by atoms with Gasteiger partial charge in [-0.2, -0.15) is 0 Å². The zero-order chi connectivity index (χ0) is 46.1. The number of hydrogen-bond acceptors (Lipinski definition) is 1. The van der Waals surface area contributed by atoms with Gasteiger partial charge in [-0.25, -0.2) is 0 Å². The van der Waals surface area contributed by atoms with Crippen molar-refractivity contribution in [1.82, 2.24) is 4.57 Å². The van der Waals surface area contributed by atoms with Gasteiger partial charge in [0.25, 0.3) is 0 Å². The van der Waals surface area contributed by atoms with Crippen LogP contribution in [0.5, 0.6) is 0 Å². The number of benzene rings is 11. The normalized spacial score (nSPS) is 12.6. The quantitative estimate of drug-likeness (QED) is 0.148. The third kappa shape index (κ3) is 6.71. The van der Waals surface area contributed by atoms with Gasteiger partial charge < -0.3 is 9.47 Å². The molecule has 0 atom stereocenters. The first kappa shape index (κ1) is 40.5. The van der Waals surface area contributed by atoms with Crippen LogP contribution in [-0.2, 0) is 5.41 Å². The summed E-state index contributed by atoms with van der Waals surface area (Å²) in [5.41, 5.74) is 21.7. The van der Waals surface area contributed by atoms with E-state index in [2.05, 4.69) is 278 Å². The van der Waals surface area contributed by atoms with Crippen molar-refractivity contribution in [3.8, 4) is 61.3 Å². The van der Waals surface area contributed by atoms with E-state index in [1.165, 1.54) is 105 Å². The van der Waals surface area contributed by atoms with E-state index in [1.54, 1.807) is 0 Å². The van der Waals surface area contributed by atoms with Crippen molar-refractivity contribution in [3.63, 3.8) is 0 Å². The minimum absolute atomic E-state index is 0.217. The number of para-hydroxylation sites is 3. The molecule has 0 saturated carbocycles. The second kappa shape index (κ2) is 16.3. The predicted octanol–water partition coefficient (Wildman–Crippen LogP) is 18.4. The second-order valence-electron chi connectivity index (χ2n) is 18.9. The van der Waals surface area contributed by atoms with E-state index in [1.807, 2.05) is 0 Å². The number of rotatable bonds is 8. The standard InChI is InChI=1S/C67H48N2/c1-67(2)61-40-34-49(50-35-41-65-60(43-50)58-27-13-15-31-64(58)69(65)51-24-10-5-11-25-51)42-59(61)57-39-38-53(44-62(57)67)68(63-30-14-12-26-54(63)45-18-6-3-7-19-45)52-36-32-47(33-37-52)56-29-17-23-48-22-16-28-55(66(48)56)46-20-8-4-9-21-46/h3-44H,1-2H3. The highest BCUT2D eigenvalue weighted by molar-refractivity contribution is 6.11. The van der Waals surface area contributed by atoms with E-state index in [0.717, 1.165) is 17.1 Å². The topological polar surface area (TPSA) is 8.17 Å². The third-order valence-corrected chi connectivity index (χ3v) is 14.6. The first-order valence-corrected chi connectivity index (χ1v) is 24.0. The van der Waals surface area contributed by atoms with Crippen LogP contribution in [0.3, 0.4) is 0 Å².